The van der Waals surface area contributed by atoms with Crippen LogP contribution in [0.4, 0.5) is 11.4 Å². The van der Waals surface area contributed by atoms with E-state index in [9.17, 15) is 4.79 Å². The van der Waals surface area contributed by atoms with Gasteiger partial charge in [-0.25, -0.2) is 4.79 Å². The molecule has 94 valence electrons. The third-order valence-corrected chi connectivity index (χ3v) is 2.27. The van der Waals surface area contributed by atoms with Crippen LogP contribution in [0.25, 0.3) is 0 Å². The average molecular weight is 236 g/mol. The van der Waals surface area contributed by atoms with Crippen LogP contribution in [0.2, 0.25) is 0 Å². The summed E-state index contributed by atoms with van der Waals surface area (Å²) >= 11 is 0. The van der Waals surface area contributed by atoms with Crippen molar-refractivity contribution in [1.82, 2.24) is 0 Å². The number of nitrogens with two attached hydrogens (primary N) is 1. The molecule has 0 heterocycles. The Hall–Kier alpha value is -1.71. The van der Waals surface area contributed by atoms with Gasteiger partial charge < -0.3 is 15.8 Å². The number of rotatable bonds is 6. The highest BCUT2D eigenvalue weighted by Crippen LogP contribution is 2.20. The van der Waals surface area contributed by atoms with E-state index in [1.165, 1.54) is 0 Å². The third-order valence-electron chi connectivity index (χ3n) is 2.27. The fourth-order valence-corrected chi connectivity index (χ4v) is 1.42. The molecule has 0 aromatic heterocycles. The first kappa shape index (κ1) is 13.4. The van der Waals surface area contributed by atoms with E-state index < -0.39 is 0 Å². The Morgan fingerprint density at radius 1 is 1.35 bits per heavy atom. The predicted molar refractivity (Wildman–Crippen MR) is 70.2 cm³/mol. The van der Waals surface area contributed by atoms with Crippen molar-refractivity contribution in [1.29, 1.82) is 0 Å². The van der Waals surface area contributed by atoms with Gasteiger partial charge in [0.05, 0.1) is 12.2 Å². The molecule has 0 radical (unpaired) electrons. The Balaban J connectivity index is 2.85. The van der Waals surface area contributed by atoms with Crippen LogP contribution in [0.5, 0.6) is 0 Å². The zero-order valence-corrected chi connectivity index (χ0v) is 10.5. The Morgan fingerprint density at radius 2 is 2.12 bits per heavy atom. The van der Waals surface area contributed by atoms with E-state index in [-0.39, 0.29) is 5.97 Å². The maximum absolute atomic E-state index is 11.8. The number of hydrogen-bond donors (Lipinski definition) is 2. The second kappa shape index (κ2) is 6.78. The predicted octanol–water partition coefficient (Wildman–Crippen LogP) is 2.66. The number of hydrogen-bond acceptors (Lipinski definition) is 4. The Labute approximate surface area is 102 Å². The van der Waals surface area contributed by atoms with E-state index in [0.29, 0.717) is 17.9 Å². The molecule has 1 aromatic carbocycles. The fourth-order valence-electron chi connectivity index (χ4n) is 1.42. The molecule has 17 heavy (non-hydrogen) atoms. The first-order valence-electron chi connectivity index (χ1n) is 5.99. The molecular weight excluding hydrogens is 216 g/mol. The van der Waals surface area contributed by atoms with Gasteiger partial charge >= 0.3 is 5.97 Å². The summed E-state index contributed by atoms with van der Waals surface area (Å²) in [6, 6.07) is 5.23. The summed E-state index contributed by atoms with van der Waals surface area (Å²) < 4.78 is 5.12. The highest BCUT2D eigenvalue weighted by molar-refractivity contribution is 5.96. The zero-order valence-electron chi connectivity index (χ0n) is 10.5. The molecule has 0 atom stereocenters. The number of ether oxygens (including phenoxy) is 1. The Bertz CT molecular complexity index is 378. The van der Waals surface area contributed by atoms with Crippen molar-refractivity contribution in [2.24, 2.45) is 0 Å². The molecule has 0 saturated carbocycles. The lowest BCUT2D eigenvalue weighted by Gasteiger charge is -2.11. The molecule has 0 aliphatic carbocycles. The maximum atomic E-state index is 11.8. The van der Waals surface area contributed by atoms with Gasteiger partial charge in [0, 0.05) is 17.9 Å². The van der Waals surface area contributed by atoms with Gasteiger partial charge in [-0.05, 0) is 31.0 Å². The lowest BCUT2D eigenvalue weighted by molar-refractivity contribution is 0.0506. The molecule has 0 unspecified atom stereocenters. The van der Waals surface area contributed by atoms with Crippen molar-refractivity contribution in [3.8, 4) is 0 Å². The van der Waals surface area contributed by atoms with Gasteiger partial charge in [-0.3, -0.25) is 0 Å². The summed E-state index contributed by atoms with van der Waals surface area (Å²) in [5.74, 6) is -0.322. The minimum atomic E-state index is -0.322. The summed E-state index contributed by atoms with van der Waals surface area (Å²) in [6.07, 6.45) is 1.81. The molecule has 1 rings (SSSR count). The monoisotopic (exact) mass is 236 g/mol. The molecule has 0 bridgehead atoms. The minimum absolute atomic E-state index is 0.322. The van der Waals surface area contributed by atoms with E-state index in [1.807, 2.05) is 13.0 Å². The lowest BCUT2D eigenvalue weighted by Crippen LogP contribution is -2.11. The van der Waals surface area contributed by atoms with Gasteiger partial charge in [0.15, 0.2) is 0 Å². The smallest absolute Gasteiger partial charge is 0.340 e. The number of nitrogen functional groups attached to an aromatic ring is 1. The molecule has 0 aliphatic heterocycles. The number of anilines is 2. The van der Waals surface area contributed by atoms with Gasteiger partial charge in [0.2, 0.25) is 0 Å². The summed E-state index contributed by atoms with van der Waals surface area (Å²) in [5.41, 5.74) is 7.54. The zero-order chi connectivity index (χ0) is 12.7. The summed E-state index contributed by atoms with van der Waals surface area (Å²) in [5, 5.41) is 3.19. The topological polar surface area (TPSA) is 64.3 Å². The molecule has 3 N–H and O–H groups in total. The Kier molecular flexibility index (Phi) is 5.33. The van der Waals surface area contributed by atoms with Crippen molar-refractivity contribution >= 4 is 17.3 Å². The molecule has 0 saturated heterocycles. The molecule has 4 nitrogen and oxygen atoms in total. The molecule has 0 fully saturated rings. The molecule has 0 amide bonds. The van der Waals surface area contributed by atoms with Crippen LogP contribution in [0.3, 0.4) is 0 Å². The summed E-state index contributed by atoms with van der Waals surface area (Å²) in [6.45, 7) is 5.28. The first-order chi connectivity index (χ1) is 8.19. The number of carbonyl (C=O) groups is 1. The normalized spacial score (nSPS) is 10.0. The second-order valence-electron chi connectivity index (χ2n) is 3.87. The van der Waals surface area contributed by atoms with E-state index in [2.05, 4.69) is 12.2 Å². The van der Waals surface area contributed by atoms with E-state index in [4.69, 9.17) is 10.5 Å². The fraction of sp³-hybridized carbons (Fsp3) is 0.462. The van der Waals surface area contributed by atoms with Crippen molar-refractivity contribution in [3.63, 3.8) is 0 Å². The van der Waals surface area contributed by atoms with E-state index in [0.717, 1.165) is 25.1 Å². The second-order valence-corrected chi connectivity index (χ2v) is 3.87. The van der Waals surface area contributed by atoms with Crippen LogP contribution in [-0.2, 0) is 4.74 Å². The quantitative estimate of drug-likeness (QED) is 0.588. The molecule has 0 spiro atoms. The van der Waals surface area contributed by atoms with Crippen LogP contribution in [-0.4, -0.2) is 19.1 Å². The summed E-state index contributed by atoms with van der Waals surface area (Å²) in [4.78, 5) is 11.8. The molecule has 4 heteroatoms. The van der Waals surface area contributed by atoms with Crippen LogP contribution in [0, 0.1) is 0 Å². The standard InChI is InChI=1S/C13H20N2O2/c1-3-7-15-12-6-5-10(14)9-11(12)13(16)17-8-4-2/h5-6,9,15H,3-4,7-8,14H2,1-2H3. The Morgan fingerprint density at radius 3 is 2.76 bits per heavy atom. The van der Waals surface area contributed by atoms with Gasteiger partial charge in [0.1, 0.15) is 0 Å². The van der Waals surface area contributed by atoms with Crippen LogP contribution >= 0.6 is 0 Å². The SMILES string of the molecule is CCCNc1ccc(N)cc1C(=O)OCCC. The maximum Gasteiger partial charge on any atom is 0.340 e. The highest BCUT2D eigenvalue weighted by Gasteiger charge is 2.12. The van der Waals surface area contributed by atoms with Gasteiger partial charge in [-0.2, -0.15) is 0 Å². The van der Waals surface area contributed by atoms with Crippen molar-refractivity contribution in [3.05, 3.63) is 23.8 Å². The molecule has 0 aliphatic rings. The average Bonchev–Trinajstić information content (AvgIpc) is 2.34. The van der Waals surface area contributed by atoms with Crippen molar-refractivity contribution in [2.45, 2.75) is 26.7 Å². The van der Waals surface area contributed by atoms with Gasteiger partial charge in [0.25, 0.3) is 0 Å². The van der Waals surface area contributed by atoms with E-state index >= 15 is 0 Å². The van der Waals surface area contributed by atoms with Gasteiger partial charge in [-0.1, -0.05) is 13.8 Å². The number of esters is 1. The largest absolute Gasteiger partial charge is 0.462 e. The van der Waals surface area contributed by atoms with Crippen molar-refractivity contribution < 1.29 is 9.53 Å². The highest BCUT2D eigenvalue weighted by atomic mass is 16.5. The van der Waals surface area contributed by atoms with Crippen molar-refractivity contribution in [2.75, 3.05) is 24.2 Å². The number of carbonyl (C=O) groups excluding carboxylic acids is 1. The number of nitrogens with one attached hydrogen (secondary N) is 1. The third kappa shape index (κ3) is 3.98. The lowest BCUT2D eigenvalue weighted by atomic mass is 10.1. The first-order valence-corrected chi connectivity index (χ1v) is 5.99. The van der Waals surface area contributed by atoms with Crippen LogP contribution < -0.4 is 11.1 Å². The number of benzene rings is 1. The summed E-state index contributed by atoms with van der Waals surface area (Å²) in [7, 11) is 0. The minimum Gasteiger partial charge on any atom is -0.462 e. The van der Waals surface area contributed by atoms with Crippen LogP contribution in [0.15, 0.2) is 18.2 Å². The van der Waals surface area contributed by atoms with Crippen LogP contribution in [0.1, 0.15) is 37.0 Å². The molecule has 1 aromatic rings. The van der Waals surface area contributed by atoms with E-state index in [1.54, 1.807) is 12.1 Å². The van der Waals surface area contributed by atoms with Gasteiger partial charge in [-0.15, -0.1) is 0 Å². The molecular formula is C13H20N2O2.